The SMILES string of the molecule is [2H]C1([2H])CC[C@@]2(COc3nc(N4C[C@H]5CC[C@@H](C4)N5)c4cnn(-c5cc(O)cc6ccc(F)c(F)c56)c(=O)c4n3)C[C@@]([2H])(F)CN12. The van der Waals surface area contributed by atoms with Gasteiger partial charge in [-0.1, -0.05) is 6.07 Å². The highest BCUT2D eigenvalue weighted by atomic mass is 19.2. The molecule has 4 aliphatic heterocycles. The lowest BCUT2D eigenvalue weighted by molar-refractivity contribution is 0.107. The number of piperazine rings is 1. The first-order valence-corrected chi connectivity index (χ1v) is 14.3. The smallest absolute Gasteiger partial charge is 0.319 e. The number of nitrogens with zero attached hydrogens (tertiary/aromatic N) is 6. The third kappa shape index (κ3) is 4.31. The summed E-state index contributed by atoms with van der Waals surface area (Å²) in [5.41, 5.74) is -2.22. The van der Waals surface area contributed by atoms with Crippen LogP contribution in [0.15, 0.2) is 35.3 Å². The Kier molecular flexibility index (Phi) is 5.34. The molecule has 0 amide bonds. The second-order valence-corrected chi connectivity index (χ2v) is 11.9. The van der Waals surface area contributed by atoms with E-state index in [4.69, 9.17) is 8.85 Å². The molecule has 0 unspecified atom stereocenters. The third-order valence-electron chi connectivity index (χ3n) is 9.10. The van der Waals surface area contributed by atoms with Gasteiger partial charge in [-0.15, -0.1) is 0 Å². The predicted octanol–water partition coefficient (Wildman–Crippen LogP) is 3.21. The Balaban J connectivity index is 1.26. The van der Waals surface area contributed by atoms with Gasteiger partial charge in [-0.3, -0.25) is 9.69 Å². The van der Waals surface area contributed by atoms with Gasteiger partial charge in [0.05, 0.1) is 24.2 Å². The van der Waals surface area contributed by atoms with Crippen LogP contribution in [0.1, 0.15) is 36.2 Å². The molecule has 43 heavy (non-hydrogen) atoms. The minimum Gasteiger partial charge on any atom is -0.508 e. The molecule has 10 nitrogen and oxygen atoms in total. The first-order chi connectivity index (χ1) is 21.8. The van der Waals surface area contributed by atoms with Crippen molar-refractivity contribution >= 4 is 27.5 Å². The summed E-state index contributed by atoms with van der Waals surface area (Å²) in [4.78, 5) is 26.6. The molecule has 6 heterocycles. The second-order valence-electron chi connectivity index (χ2n) is 11.9. The molecule has 0 spiro atoms. The van der Waals surface area contributed by atoms with Gasteiger partial charge in [0, 0.05) is 52.3 Å². The number of halogens is 3. The number of fused-ring (bicyclic) bond motifs is 5. The molecule has 4 atom stereocenters. The normalized spacial score (nSPS) is 30.9. The van der Waals surface area contributed by atoms with Crippen LogP contribution in [0.3, 0.4) is 0 Å². The van der Waals surface area contributed by atoms with E-state index in [1.54, 1.807) is 0 Å². The van der Waals surface area contributed by atoms with E-state index in [9.17, 15) is 18.7 Å². The minimum absolute atomic E-state index is 0.128. The van der Waals surface area contributed by atoms with Crippen LogP contribution in [0.5, 0.6) is 11.8 Å². The van der Waals surface area contributed by atoms with E-state index in [0.717, 1.165) is 29.7 Å². The van der Waals surface area contributed by atoms with Gasteiger partial charge < -0.3 is 20.1 Å². The second kappa shape index (κ2) is 9.78. The van der Waals surface area contributed by atoms with Gasteiger partial charge in [0.15, 0.2) is 11.6 Å². The average molecular weight is 597 g/mol. The summed E-state index contributed by atoms with van der Waals surface area (Å²) in [6.45, 7) is -1.24. The number of benzene rings is 2. The van der Waals surface area contributed by atoms with Crippen molar-refractivity contribution in [1.29, 1.82) is 0 Å². The topological polar surface area (TPSA) is 109 Å². The molecular weight excluding hydrogens is 563 g/mol. The quantitative estimate of drug-likeness (QED) is 0.359. The first kappa shape index (κ1) is 23.5. The zero-order valence-corrected chi connectivity index (χ0v) is 23.0. The molecule has 224 valence electrons. The number of ether oxygens (including phenoxy) is 1. The summed E-state index contributed by atoms with van der Waals surface area (Å²) < 4.78 is 76.1. The van der Waals surface area contributed by atoms with E-state index in [1.807, 2.05) is 4.90 Å². The van der Waals surface area contributed by atoms with E-state index >= 15 is 4.39 Å². The molecule has 2 N–H and O–H groups in total. The van der Waals surface area contributed by atoms with E-state index in [1.165, 1.54) is 23.2 Å². The number of phenolic OH excluding ortho intramolecular Hbond substituents is 1. The van der Waals surface area contributed by atoms with Crippen LogP contribution in [0.4, 0.5) is 19.0 Å². The number of phenols is 1. The molecule has 2 aromatic heterocycles. The van der Waals surface area contributed by atoms with Crippen LogP contribution in [0, 0.1) is 11.6 Å². The Morgan fingerprint density at radius 2 is 2.00 bits per heavy atom. The Hall–Kier alpha value is -3.97. The van der Waals surface area contributed by atoms with Crippen molar-refractivity contribution in [3.63, 3.8) is 0 Å². The standard InChI is InChI=1S/C30H30F3N7O3/c31-17-10-30(6-1-7-39(30)12-17)15-43-29-36-26-21(27(37-29)38-13-18-3-4-19(14-38)35-18)11-34-40(28(26)42)23-9-20(41)8-16-2-5-22(32)25(33)24(16)23/h2,5,8-9,11,17-19,35,41H,1,3-4,6-7,10,12-15H2/t17-,18-,19+,30+/m1/s1/i7D2,17D. The van der Waals surface area contributed by atoms with Gasteiger partial charge in [0.1, 0.15) is 29.8 Å². The maximum atomic E-state index is 15.1. The maximum absolute atomic E-state index is 15.1. The van der Waals surface area contributed by atoms with Crippen molar-refractivity contribution < 1.29 is 27.1 Å². The Labute approximate surface area is 248 Å². The number of hydrogen-bond acceptors (Lipinski definition) is 9. The van der Waals surface area contributed by atoms with Crippen molar-refractivity contribution in [3.05, 3.63) is 52.5 Å². The summed E-state index contributed by atoms with van der Waals surface area (Å²) in [6, 6.07) is 4.79. The molecule has 4 aromatic rings. The molecule has 0 saturated carbocycles. The highest BCUT2D eigenvalue weighted by Crippen LogP contribution is 2.40. The molecule has 4 aliphatic rings. The Morgan fingerprint density at radius 1 is 1.19 bits per heavy atom. The molecule has 8 rings (SSSR count). The summed E-state index contributed by atoms with van der Waals surface area (Å²) in [5.74, 6) is -2.25. The van der Waals surface area contributed by atoms with Gasteiger partial charge in [-0.05, 0) is 49.7 Å². The average Bonchev–Trinajstić information content (AvgIpc) is 3.58. The van der Waals surface area contributed by atoms with Crippen molar-refractivity contribution in [2.45, 2.75) is 55.9 Å². The van der Waals surface area contributed by atoms with Crippen molar-refractivity contribution in [3.8, 4) is 17.4 Å². The summed E-state index contributed by atoms with van der Waals surface area (Å²) in [7, 11) is 0. The van der Waals surface area contributed by atoms with Crippen molar-refractivity contribution in [2.75, 3.05) is 37.6 Å². The Morgan fingerprint density at radius 3 is 2.81 bits per heavy atom. The zero-order valence-electron chi connectivity index (χ0n) is 26.0. The van der Waals surface area contributed by atoms with Crippen LogP contribution in [-0.2, 0) is 0 Å². The minimum atomic E-state index is -2.36. The summed E-state index contributed by atoms with van der Waals surface area (Å²) in [6.07, 6.45) is 1.11. The highest BCUT2D eigenvalue weighted by molar-refractivity contribution is 5.93. The monoisotopic (exact) mass is 596 g/mol. The van der Waals surface area contributed by atoms with Crippen LogP contribution < -0.4 is 20.5 Å². The fourth-order valence-electron chi connectivity index (χ4n) is 7.08. The van der Waals surface area contributed by atoms with Gasteiger partial charge in [-0.25, -0.2) is 13.2 Å². The fraction of sp³-hybridized carbons (Fsp3) is 0.467. The molecule has 0 aliphatic carbocycles. The number of rotatable bonds is 5. The lowest BCUT2D eigenvalue weighted by Crippen LogP contribution is -2.51. The lowest BCUT2D eigenvalue weighted by Gasteiger charge is -2.34. The number of aromatic nitrogens is 4. The van der Waals surface area contributed by atoms with Crippen molar-refractivity contribution in [1.82, 2.24) is 30.0 Å². The molecule has 0 radical (unpaired) electrons. The van der Waals surface area contributed by atoms with Gasteiger partial charge >= 0.3 is 6.01 Å². The molecule has 13 heteroatoms. The van der Waals surface area contributed by atoms with Gasteiger partial charge in [-0.2, -0.15) is 19.7 Å². The fourth-order valence-corrected chi connectivity index (χ4v) is 7.08. The molecule has 2 bridgehead atoms. The van der Waals surface area contributed by atoms with Gasteiger partial charge in [0.25, 0.3) is 5.56 Å². The summed E-state index contributed by atoms with van der Waals surface area (Å²) >= 11 is 0. The van der Waals surface area contributed by atoms with Crippen LogP contribution in [0.25, 0.3) is 27.4 Å². The van der Waals surface area contributed by atoms with E-state index in [0.29, 0.717) is 24.3 Å². The third-order valence-corrected chi connectivity index (χ3v) is 9.10. The van der Waals surface area contributed by atoms with E-state index in [-0.39, 0.29) is 71.7 Å². The number of aromatic hydroxyl groups is 1. The molecule has 4 fully saturated rings. The van der Waals surface area contributed by atoms with E-state index in [2.05, 4.69) is 20.4 Å². The van der Waals surface area contributed by atoms with Crippen molar-refractivity contribution in [2.24, 2.45) is 0 Å². The van der Waals surface area contributed by atoms with Crippen LogP contribution >= 0.6 is 0 Å². The molecular formula is C30H30F3N7O3. The van der Waals surface area contributed by atoms with Gasteiger partial charge in [0.2, 0.25) is 0 Å². The molecule has 4 saturated heterocycles. The number of alkyl halides is 1. The van der Waals surface area contributed by atoms with Crippen LogP contribution in [0.2, 0.25) is 0 Å². The largest absolute Gasteiger partial charge is 0.508 e. The lowest BCUT2D eigenvalue weighted by atomic mass is 9.95. The Bertz CT molecular complexity index is 1970. The summed E-state index contributed by atoms with van der Waals surface area (Å²) in [5, 5.41) is 18.4. The first-order valence-electron chi connectivity index (χ1n) is 15.8. The zero-order chi connectivity index (χ0) is 32.2. The highest BCUT2D eigenvalue weighted by Gasteiger charge is 2.49. The maximum Gasteiger partial charge on any atom is 0.319 e. The molecule has 2 aromatic carbocycles. The number of nitrogens with one attached hydrogen (secondary N) is 1. The predicted molar refractivity (Wildman–Crippen MR) is 153 cm³/mol. The van der Waals surface area contributed by atoms with E-state index < -0.39 is 41.9 Å². The van der Waals surface area contributed by atoms with Crippen LogP contribution in [-0.4, -0.2) is 86.3 Å². The number of hydrogen-bond donors (Lipinski definition) is 2. The number of anilines is 1.